The van der Waals surface area contributed by atoms with Gasteiger partial charge in [0.15, 0.2) is 5.78 Å². The third-order valence-corrected chi connectivity index (χ3v) is 5.16. The Labute approximate surface area is 147 Å². The molecular weight excluding hydrogens is 314 g/mol. The van der Waals surface area contributed by atoms with Crippen LogP contribution >= 0.6 is 11.3 Å². The molecule has 1 atom stereocenters. The average molecular weight is 335 g/mol. The lowest BCUT2D eigenvalue weighted by atomic mass is 9.99. The molecule has 1 aromatic heterocycles. The smallest absolute Gasteiger partial charge is 0.172 e. The lowest BCUT2D eigenvalue weighted by Gasteiger charge is -2.08. The van der Waals surface area contributed by atoms with Gasteiger partial charge in [0.05, 0.1) is 11.6 Å². The van der Waals surface area contributed by atoms with Crippen molar-refractivity contribution in [3.63, 3.8) is 0 Å². The summed E-state index contributed by atoms with van der Waals surface area (Å²) in [5, 5.41) is 2.93. The first kappa shape index (κ1) is 16.6. The van der Waals surface area contributed by atoms with Gasteiger partial charge in [-0.25, -0.2) is 4.98 Å². The van der Waals surface area contributed by atoms with Crippen LogP contribution in [0.4, 0.5) is 0 Å². The Morgan fingerprint density at radius 3 is 2.67 bits per heavy atom. The van der Waals surface area contributed by atoms with E-state index in [0.717, 1.165) is 40.2 Å². The van der Waals surface area contributed by atoms with Gasteiger partial charge in [-0.05, 0) is 32.3 Å². The minimum Gasteiger partial charge on any atom is -0.293 e. The van der Waals surface area contributed by atoms with E-state index in [9.17, 15) is 4.79 Å². The third-order valence-electron chi connectivity index (χ3n) is 4.13. The van der Waals surface area contributed by atoms with E-state index in [1.165, 1.54) is 0 Å². The van der Waals surface area contributed by atoms with E-state index in [1.54, 1.807) is 11.3 Å². The zero-order valence-electron chi connectivity index (χ0n) is 14.0. The first-order valence-electron chi connectivity index (χ1n) is 8.23. The molecule has 1 aliphatic carbocycles. The highest BCUT2D eigenvalue weighted by Crippen LogP contribution is 2.28. The van der Waals surface area contributed by atoms with Gasteiger partial charge in [-0.2, -0.15) is 0 Å². The Morgan fingerprint density at radius 1 is 1.12 bits per heavy atom. The van der Waals surface area contributed by atoms with E-state index in [1.807, 2.05) is 38.1 Å². The molecule has 0 fully saturated rings. The second kappa shape index (κ2) is 7.54. The van der Waals surface area contributed by atoms with Crippen molar-refractivity contribution >= 4 is 22.7 Å². The van der Waals surface area contributed by atoms with Crippen LogP contribution in [0.3, 0.4) is 0 Å². The number of Topliss-reactive ketones (excluding diaryl/α,β-unsaturated/α-hetero) is 1. The number of ketones is 1. The number of rotatable bonds is 4. The zero-order valence-corrected chi connectivity index (χ0v) is 14.8. The van der Waals surface area contributed by atoms with Crippen molar-refractivity contribution < 1.29 is 4.79 Å². The van der Waals surface area contributed by atoms with E-state index >= 15 is 0 Å². The fraction of sp³-hybridized carbons (Fsp3) is 0.238. The number of benzene rings is 1. The molecule has 3 rings (SSSR count). The number of hydrogen-bond acceptors (Lipinski definition) is 3. The van der Waals surface area contributed by atoms with E-state index in [2.05, 4.69) is 35.8 Å². The predicted octanol–water partition coefficient (Wildman–Crippen LogP) is 5.73. The molecule has 2 aromatic rings. The number of aromatic nitrogens is 1. The van der Waals surface area contributed by atoms with Crippen LogP contribution in [0.2, 0.25) is 0 Å². The van der Waals surface area contributed by atoms with E-state index < -0.39 is 0 Å². The third kappa shape index (κ3) is 3.80. The summed E-state index contributed by atoms with van der Waals surface area (Å²) in [6.07, 6.45) is 12.6. The normalized spacial score (nSPS) is 18.2. The SMILES string of the molecule is Cc1ccc(C(=O)C(C)c2nc(C3=CC/C=C\C/C=C\3)cs2)cc1. The molecule has 1 heterocycles. The van der Waals surface area contributed by atoms with Crippen LogP contribution in [0.25, 0.3) is 5.57 Å². The second-order valence-electron chi connectivity index (χ2n) is 6.03. The van der Waals surface area contributed by atoms with Gasteiger partial charge in [0, 0.05) is 10.9 Å². The van der Waals surface area contributed by atoms with Crippen LogP contribution in [0.15, 0.2) is 60.0 Å². The maximum Gasteiger partial charge on any atom is 0.172 e. The number of hydrogen-bond donors (Lipinski definition) is 0. The summed E-state index contributed by atoms with van der Waals surface area (Å²) >= 11 is 1.56. The Kier molecular flexibility index (Phi) is 5.21. The van der Waals surface area contributed by atoms with Crippen molar-refractivity contribution in [1.82, 2.24) is 4.98 Å². The number of nitrogens with zero attached hydrogens (tertiary/aromatic N) is 1. The van der Waals surface area contributed by atoms with Crippen LogP contribution in [-0.2, 0) is 0 Å². The van der Waals surface area contributed by atoms with E-state index in [0.29, 0.717) is 0 Å². The Hall–Kier alpha value is -2.26. The van der Waals surface area contributed by atoms with Gasteiger partial charge in [0.2, 0.25) is 0 Å². The molecule has 0 radical (unpaired) electrons. The highest BCUT2D eigenvalue weighted by Gasteiger charge is 2.20. The van der Waals surface area contributed by atoms with Crippen molar-refractivity contribution in [3.05, 3.63) is 81.9 Å². The molecule has 0 N–H and O–H groups in total. The van der Waals surface area contributed by atoms with Gasteiger partial charge in [-0.3, -0.25) is 4.79 Å². The lowest BCUT2D eigenvalue weighted by Crippen LogP contribution is -2.09. The standard InChI is InChI=1S/C21H21NOS/c1-15-10-12-18(13-11-15)20(23)16(2)21-22-19(14-24-21)17-8-6-4-3-5-7-9-17/h3-4,7-14,16H,5-6H2,1-2H3/b4-3-,9-7-,17-8?. The fourth-order valence-electron chi connectivity index (χ4n) is 2.62. The van der Waals surface area contributed by atoms with Crippen molar-refractivity contribution in [1.29, 1.82) is 0 Å². The Morgan fingerprint density at radius 2 is 1.88 bits per heavy atom. The average Bonchev–Trinajstić information content (AvgIpc) is 3.04. The van der Waals surface area contributed by atoms with Gasteiger partial charge in [-0.15, -0.1) is 11.3 Å². The summed E-state index contributed by atoms with van der Waals surface area (Å²) < 4.78 is 0. The zero-order chi connectivity index (χ0) is 16.9. The minimum absolute atomic E-state index is 0.126. The van der Waals surface area contributed by atoms with Gasteiger partial charge in [0.25, 0.3) is 0 Å². The fourth-order valence-corrected chi connectivity index (χ4v) is 3.50. The van der Waals surface area contributed by atoms with E-state index in [4.69, 9.17) is 4.98 Å². The Bertz CT molecular complexity index is 809. The highest BCUT2D eigenvalue weighted by atomic mass is 32.1. The summed E-state index contributed by atoms with van der Waals surface area (Å²) in [6, 6.07) is 7.75. The summed E-state index contributed by atoms with van der Waals surface area (Å²) in [4.78, 5) is 17.4. The molecule has 1 unspecified atom stereocenters. The molecule has 0 saturated heterocycles. The molecule has 24 heavy (non-hydrogen) atoms. The monoisotopic (exact) mass is 335 g/mol. The summed E-state index contributed by atoms with van der Waals surface area (Å²) in [6.45, 7) is 3.96. The minimum atomic E-state index is -0.218. The van der Waals surface area contributed by atoms with Crippen LogP contribution in [0.1, 0.15) is 52.3 Å². The first-order valence-corrected chi connectivity index (χ1v) is 9.11. The van der Waals surface area contributed by atoms with Gasteiger partial charge in [0.1, 0.15) is 5.01 Å². The molecule has 0 aliphatic heterocycles. The molecule has 0 amide bonds. The molecule has 0 spiro atoms. The molecule has 0 bridgehead atoms. The van der Waals surface area contributed by atoms with Gasteiger partial charge >= 0.3 is 0 Å². The van der Waals surface area contributed by atoms with Gasteiger partial charge in [-0.1, -0.05) is 60.2 Å². The number of aryl methyl sites for hydroxylation is 1. The molecule has 1 aliphatic rings. The van der Waals surface area contributed by atoms with Crippen molar-refractivity contribution in [2.24, 2.45) is 0 Å². The maximum atomic E-state index is 12.7. The molecule has 122 valence electrons. The first-order chi connectivity index (χ1) is 11.6. The van der Waals surface area contributed by atoms with E-state index in [-0.39, 0.29) is 11.7 Å². The molecule has 0 saturated carbocycles. The predicted molar refractivity (Wildman–Crippen MR) is 102 cm³/mol. The van der Waals surface area contributed by atoms with Crippen molar-refractivity contribution in [3.8, 4) is 0 Å². The van der Waals surface area contributed by atoms with Gasteiger partial charge < -0.3 is 0 Å². The molecule has 3 heteroatoms. The van der Waals surface area contributed by atoms with Crippen LogP contribution < -0.4 is 0 Å². The Balaban J connectivity index is 1.80. The number of allylic oxidation sites excluding steroid dienone is 6. The largest absolute Gasteiger partial charge is 0.293 e. The second-order valence-corrected chi connectivity index (χ2v) is 6.92. The molecule has 1 aromatic carbocycles. The highest BCUT2D eigenvalue weighted by molar-refractivity contribution is 7.10. The van der Waals surface area contributed by atoms with Crippen molar-refractivity contribution in [2.45, 2.75) is 32.6 Å². The quantitative estimate of drug-likeness (QED) is 0.528. The topological polar surface area (TPSA) is 30.0 Å². The summed E-state index contributed by atoms with van der Waals surface area (Å²) in [5.41, 5.74) is 4.01. The maximum absolute atomic E-state index is 12.7. The molecular formula is C21H21NOS. The van der Waals surface area contributed by atoms with Crippen LogP contribution in [0, 0.1) is 6.92 Å². The van der Waals surface area contributed by atoms with Crippen LogP contribution in [0.5, 0.6) is 0 Å². The van der Waals surface area contributed by atoms with Crippen LogP contribution in [-0.4, -0.2) is 10.8 Å². The molecule has 2 nitrogen and oxygen atoms in total. The van der Waals surface area contributed by atoms with Crippen molar-refractivity contribution in [2.75, 3.05) is 0 Å². The lowest BCUT2D eigenvalue weighted by molar-refractivity contribution is 0.0966. The number of thiazole rings is 1. The number of carbonyl (C=O) groups excluding carboxylic acids is 1. The summed E-state index contributed by atoms with van der Waals surface area (Å²) in [5.74, 6) is -0.0921. The summed E-state index contributed by atoms with van der Waals surface area (Å²) in [7, 11) is 0. The number of carbonyl (C=O) groups is 1.